The van der Waals surface area contributed by atoms with Gasteiger partial charge in [-0.05, 0) is 61.4 Å². The molecule has 0 unspecified atom stereocenters. The van der Waals surface area contributed by atoms with Crippen molar-refractivity contribution in [1.82, 2.24) is 4.90 Å². The van der Waals surface area contributed by atoms with Crippen molar-refractivity contribution < 1.29 is 9.53 Å². The van der Waals surface area contributed by atoms with Crippen LogP contribution in [0, 0.1) is 19.8 Å². The van der Waals surface area contributed by atoms with Gasteiger partial charge in [0.1, 0.15) is 5.75 Å². The molecule has 26 heavy (non-hydrogen) atoms. The summed E-state index contributed by atoms with van der Waals surface area (Å²) in [6.45, 7) is 5.58. The maximum absolute atomic E-state index is 12.9. The van der Waals surface area contributed by atoms with E-state index in [9.17, 15) is 4.79 Å². The predicted molar refractivity (Wildman–Crippen MR) is 108 cm³/mol. The van der Waals surface area contributed by atoms with Crippen LogP contribution in [-0.2, 0) is 11.3 Å². The van der Waals surface area contributed by atoms with Gasteiger partial charge in [-0.1, -0.05) is 52.7 Å². The van der Waals surface area contributed by atoms with E-state index in [0.29, 0.717) is 12.5 Å². The van der Waals surface area contributed by atoms with Crippen molar-refractivity contribution in [2.75, 3.05) is 13.2 Å². The van der Waals surface area contributed by atoms with Gasteiger partial charge in [0, 0.05) is 17.6 Å². The molecule has 3 nitrogen and oxygen atoms in total. The highest BCUT2D eigenvalue weighted by molar-refractivity contribution is 9.10. The largest absolute Gasteiger partial charge is 0.483 e. The number of hydrogen-bond donors (Lipinski definition) is 0. The van der Waals surface area contributed by atoms with Gasteiger partial charge < -0.3 is 9.64 Å². The topological polar surface area (TPSA) is 29.5 Å². The lowest BCUT2D eigenvalue weighted by molar-refractivity contribution is -0.135. The van der Waals surface area contributed by atoms with Crippen LogP contribution >= 0.6 is 15.9 Å². The Balaban J connectivity index is 1.66. The molecule has 0 N–H and O–H groups in total. The van der Waals surface area contributed by atoms with E-state index in [2.05, 4.69) is 28.1 Å². The van der Waals surface area contributed by atoms with Crippen LogP contribution in [0.25, 0.3) is 0 Å². The molecule has 0 saturated heterocycles. The molecule has 0 radical (unpaired) electrons. The van der Waals surface area contributed by atoms with Gasteiger partial charge in [-0.15, -0.1) is 0 Å². The third-order valence-electron chi connectivity index (χ3n) is 5.04. The van der Waals surface area contributed by atoms with E-state index in [0.717, 1.165) is 33.5 Å². The lowest BCUT2D eigenvalue weighted by Crippen LogP contribution is -2.39. The lowest BCUT2D eigenvalue weighted by atomic mass is 9.85. The van der Waals surface area contributed by atoms with Gasteiger partial charge in [-0.2, -0.15) is 0 Å². The first-order valence-corrected chi connectivity index (χ1v) is 10.0. The van der Waals surface area contributed by atoms with E-state index in [-0.39, 0.29) is 12.5 Å². The molecule has 0 aliphatic heterocycles. The quantitative estimate of drug-likeness (QED) is 0.615. The Hall–Kier alpha value is -1.81. The maximum Gasteiger partial charge on any atom is 0.260 e. The molecule has 1 amide bonds. The molecule has 2 aromatic rings. The van der Waals surface area contributed by atoms with Crippen LogP contribution in [0.2, 0.25) is 0 Å². The minimum absolute atomic E-state index is 0.0578. The average Bonchev–Trinajstić information content (AvgIpc) is 2.56. The second-order valence-corrected chi connectivity index (χ2v) is 8.13. The monoisotopic (exact) mass is 415 g/mol. The minimum atomic E-state index is 0.0578. The van der Waals surface area contributed by atoms with E-state index < -0.39 is 0 Å². The Morgan fingerprint density at radius 3 is 2.38 bits per heavy atom. The zero-order valence-corrected chi connectivity index (χ0v) is 17.1. The van der Waals surface area contributed by atoms with Crippen LogP contribution in [-0.4, -0.2) is 24.0 Å². The van der Waals surface area contributed by atoms with Gasteiger partial charge in [0.15, 0.2) is 6.61 Å². The Bertz CT molecular complexity index is 733. The summed E-state index contributed by atoms with van der Waals surface area (Å²) in [4.78, 5) is 14.8. The van der Waals surface area contributed by atoms with Gasteiger partial charge in [0.05, 0.1) is 0 Å². The summed E-state index contributed by atoms with van der Waals surface area (Å²) in [5.41, 5.74) is 3.24. The lowest BCUT2D eigenvalue weighted by Gasteiger charge is -2.32. The first-order valence-electron chi connectivity index (χ1n) is 9.24. The van der Waals surface area contributed by atoms with Crippen molar-refractivity contribution in [3.05, 3.63) is 63.6 Å². The summed E-state index contributed by atoms with van der Waals surface area (Å²) in [5, 5.41) is 0. The van der Waals surface area contributed by atoms with E-state index in [4.69, 9.17) is 4.74 Å². The third kappa shape index (κ3) is 4.88. The van der Waals surface area contributed by atoms with Gasteiger partial charge in [-0.25, -0.2) is 0 Å². The molecule has 1 saturated carbocycles. The van der Waals surface area contributed by atoms with Crippen molar-refractivity contribution in [3.63, 3.8) is 0 Å². The third-order valence-corrected chi connectivity index (χ3v) is 5.50. The Kier molecular flexibility index (Phi) is 6.36. The minimum Gasteiger partial charge on any atom is -0.483 e. The average molecular weight is 416 g/mol. The molecule has 0 heterocycles. The number of amides is 1. The van der Waals surface area contributed by atoms with Crippen LogP contribution in [0.4, 0.5) is 0 Å². The summed E-state index contributed by atoms with van der Waals surface area (Å²) in [5.74, 6) is 1.51. The molecular weight excluding hydrogens is 390 g/mol. The Morgan fingerprint density at radius 2 is 1.81 bits per heavy atom. The number of nitrogens with zero attached hydrogens (tertiary/aromatic N) is 1. The van der Waals surface area contributed by atoms with E-state index in [1.807, 2.05) is 49.1 Å². The molecule has 4 heteroatoms. The number of benzene rings is 2. The number of carbonyl (C=O) groups is 1. The van der Waals surface area contributed by atoms with Crippen molar-refractivity contribution in [2.24, 2.45) is 5.92 Å². The van der Waals surface area contributed by atoms with Gasteiger partial charge >= 0.3 is 0 Å². The highest BCUT2D eigenvalue weighted by Crippen LogP contribution is 2.29. The first kappa shape index (κ1) is 19.0. The molecule has 2 aromatic carbocycles. The highest BCUT2D eigenvalue weighted by Gasteiger charge is 2.24. The van der Waals surface area contributed by atoms with E-state index in [1.165, 1.54) is 19.3 Å². The number of carbonyl (C=O) groups excluding carboxylic acids is 1. The molecule has 138 valence electrons. The van der Waals surface area contributed by atoms with Gasteiger partial charge in [-0.3, -0.25) is 4.79 Å². The van der Waals surface area contributed by atoms with Crippen molar-refractivity contribution in [3.8, 4) is 5.75 Å². The predicted octanol–water partition coefficient (Wildman–Crippen LogP) is 5.27. The van der Waals surface area contributed by atoms with Gasteiger partial charge in [0.25, 0.3) is 5.91 Å². The summed E-state index contributed by atoms with van der Waals surface area (Å²) in [6, 6.07) is 14.2. The highest BCUT2D eigenvalue weighted by atomic mass is 79.9. The van der Waals surface area contributed by atoms with E-state index in [1.54, 1.807) is 0 Å². The zero-order chi connectivity index (χ0) is 18.5. The maximum atomic E-state index is 12.9. The second kappa shape index (κ2) is 8.72. The van der Waals surface area contributed by atoms with Gasteiger partial charge in [0.2, 0.25) is 0 Å². The number of ether oxygens (including phenoxy) is 1. The van der Waals surface area contributed by atoms with Crippen LogP contribution < -0.4 is 4.74 Å². The summed E-state index contributed by atoms with van der Waals surface area (Å²) in [7, 11) is 0. The van der Waals surface area contributed by atoms with Crippen molar-refractivity contribution >= 4 is 21.8 Å². The molecule has 1 aliphatic carbocycles. The van der Waals surface area contributed by atoms with Crippen LogP contribution in [0.5, 0.6) is 5.75 Å². The summed E-state index contributed by atoms with van der Waals surface area (Å²) in [6.07, 6.45) is 3.74. The fourth-order valence-electron chi connectivity index (χ4n) is 3.40. The smallest absolute Gasteiger partial charge is 0.260 e. The Labute approximate surface area is 164 Å². The first-order chi connectivity index (χ1) is 12.5. The molecule has 0 bridgehead atoms. The van der Waals surface area contributed by atoms with E-state index >= 15 is 0 Å². The number of hydrogen-bond acceptors (Lipinski definition) is 2. The molecule has 3 rings (SSSR count). The molecule has 0 atom stereocenters. The Morgan fingerprint density at radius 1 is 1.15 bits per heavy atom. The second-order valence-electron chi connectivity index (χ2n) is 7.21. The fraction of sp³-hybridized carbons (Fsp3) is 0.409. The standard InChI is InChI=1S/C22H26BrNO2/c1-16-11-20(23)12-17(2)22(16)26-15-21(25)24(14-19-9-6-10-19)13-18-7-4-3-5-8-18/h3-5,7-8,11-12,19H,6,9-10,13-15H2,1-2H3. The van der Waals surface area contributed by atoms with Crippen LogP contribution in [0.15, 0.2) is 46.9 Å². The number of rotatable bonds is 7. The summed E-state index contributed by atoms with van der Waals surface area (Å²) < 4.78 is 6.95. The fourth-order valence-corrected chi connectivity index (χ4v) is 4.08. The van der Waals surface area contributed by atoms with Crippen molar-refractivity contribution in [1.29, 1.82) is 0 Å². The molecular formula is C22H26BrNO2. The normalized spacial score (nSPS) is 14.0. The van der Waals surface area contributed by atoms with Crippen molar-refractivity contribution in [2.45, 2.75) is 39.7 Å². The summed E-state index contributed by atoms with van der Waals surface area (Å²) >= 11 is 3.50. The molecule has 1 aliphatic rings. The SMILES string of the molecule is Cc1cc(Br)cc(C)c1OCC(=O)N(Cc1ccccc1)CC1CCC1. The molecule has 0 spiro atoms. The number of halogens is 1. The van der Waals surface area contributed by atoms with Crippen LogP contribution in [0.1, 0.15) is 36.0 Å². The molecule has 0 aromatic heterocycles. The molecule has 1 fully saturated rings. The number of aryl methyl sites for hydroxylation is 2. The van der Waals surface area contributed by atoms with Crippen LogP contribution in [0.3, 0.4) is 0 Å². The zero-order valence-electron chi connectivity index (χ0n) is 15.5.